The first-order chi connectivity index (χ1) is 15.6. The van der Waals surface area contributed by atoms with E-state index in [1.54, 1.807) is 18.3 Å². The van der Waals surface area contributed by atoms with E-state index in [1.165, 1.54) is 5.69 Å². The van der Waals surface area contributed by atoms with Crippen LogP contribution in [0.3, 0.4) is 0 Å². The summed E-state index contributed by atoms with van der Waals surface area (Å²) in [4.78, 5) is 23.5. The summed E-state index contributed by atoms with van der Waals surface area (Å²) >= 11 is 3.53. The molecule has 1 N–H and O–H groups in total. The number of carbonyl (C=O) groups is 1. The van der Waals surface area contributed by atoms with Crippen molar-refractivity contribution in [1.82, 2.24) is 15.3 Å². The minimum absolute atomic E-state index is 0.0190. The third-order valence-electron chi connectivity index (χ3n) is 5.22. The lowest BCUT2D eigenvalue weighted by Gasteiger charge is -2.28. The van der Waals surface area contributed by atoms with Crippen molar-refractivity contribution in [3.05, 3.63) is 76.2 Å². The predicted octanol–water partition coefficient (Wildman–Crippen LogP) is 3.59. The van der Waals surface area contributed by atoms with Gasteiger partial charge in [0, 0.05) is 42.5 Å². The summed E-state index contributed by atoms with van der Waals surface area (Å²) in [6.07, 6.45) is 2.38. The highest BCUT2D eigenvalue weighted by Crippen LogP contribution is 2.27. The van der Waals surface area contributed by atoms with Gasteiger partial charge in [0.25, 0.3) is 5.91 Å². The Morgan fingerprint density at radius 1 is 1.12 bits per heavy atom. The first-order valence-corrected chi connectivity index (χ1v) is 11.1. The first kappa shape index (κ1) is 21.9. The van der Waals surface area contributed by atoms with E-state index in [9.17, 15) is 4.79 Å². The number of benzene rings is 2. The minimum atomic E-state index is -0.277. The Balaban J connectivity index is 1.48. The molecule has 2 aromatic carbocycles. The Morgan fingerprint density at radius 3 is 2.53 bits per heavy atom. The lowest BCUT2D eigenvalue weighted by Crippen LogP contribution is -2.36. The van der Waals surface area contributed by atoms with Crippen LogP contribution >= 0.6 is 15.9 Å². The average molecular weight is 492 g/mol. The molecule has 32 heavy (non-hydrogen) atoms. The Hall–Kier alpha value is -3.28. The first-order valence-electron chi connectivity index (χ1n) is 10.3. The predicted molar refractivity (Wildman–Crippen MR) is 125 cm³/mol. The van der Waals surface area contributed by atoms with Crippen molar-refractivity contribution in [3.8, 4) is 17.3 Å². The van der Waals surface area contributed by atoms with Gasteiger partial charge in [-0.1, -0.05) is 24.3 Å². The quantitative estimate of drug-likeness (QED) is 0.529. The lowest BCUT2D eigenvalue weighted by molar-refractivity contribution is 0.0958. The van der Waals surface area contributed by atoms with Crippen molar-refractivity contribution in [2.24, 2.45) is 0 Å². The molecule has 0 aliphatic carbocycles. The van der Waals surface area contributed by atoms with E-state index < -0.39 is 0 Å². The normalized spacial score (nSPS) is 13.4. The van der Waals surface area contributed by atoms with Crippen molar-refractivity contribution in [3.63, 3.8) is 0 Å². The second-order valence-corrected chi connectivity index (χ2v) is 8.20. The molecule has 0 spiro atoms. The number of nitrogens with zero attached hydrogens (tertiary/aromatic N) is 4. The fraction of sp³-hybridized carbons (Fsp3) is 0.250. The zero-order valence-corrected chi connectivity index (χ0v) is 19.0. The summed E-state index contributed by atoms with van der Waals surface area (Å²) in [5.41, 5.74) is 4.48. The van der Waals surface area contributed by atoms with Gasteiger partial charge in [0.2, 0.25) is 0 Å². The summed E-state index contributed by atoms with van der Waals surface area (Å²) in [5, 5.41) is 11.1. The molecule has 1 fully saturated rings. The molecule has 8 heteroatoms. The number of carbonyl (C=O) groups excluding carboxylic acids is 1. The van der Waals surface area contributed by atoms with Gasteiger partial charge in [-0.3, -0.25) is 4.79 Å². The van der Waals surface area contributed by atoms with Crippen molar-refractivity contribution in [1.29, 1.82) is 5.26 Å². The standard InChI is InChI=1S/C24H22BrN5O2/c25-21-16-28-22(15-17-1-7-20(8-2-17)30-11-13-32-14-12-30)29-23(21)18-3-5-19(6-4-18)24(31)27-10-9-26/h1-8,16H,10-15H2,(H,27,31). The van der Waals surface area contributed by atoms with E-state index in [0.29, 0.717) is 12.0 Å². The average Bonchev–Trinajstić information content (AvgIpc) is 2.85. The molecule has 0 atom stereocenters. The molecule has 1 saturated heterocycles. The van der Waals surface area contributed by atoms with Gasteiger partial charge in [-0.25, -0.2) is 9.97 Å². The fourth-order valence-electron chi connectivity index (χ4n) is 3.52. The number of ether oxygens (including phenoxy) is 1. The number of morpholine rings is 1. The molecule has 3 aromatic rings. The number of nitrogens with one attached hydrogen (secondary N) is 1. The Labute approximate surface area is 195 Å². The minimum Gasteiger partial charge on any atom is -0.378 e. The summed E-state index contributed by atoms with van der Waals surface area (Å²) in [6, 6.07) is 17.5. The molecule has 1 aromatic heterocycles. The molecular weight excluding hydrogens is 470 g/mol. The van der Waals surface area contributed by atoms with E-state index in [4.69, 9.17) is 15.0 Å². The maximum Gasteiger partial charge on any atom is 0.252 e. The van der Waals surface area contributed by atoms with Gasteiger partial charge in [-0.05, 0) is 45.8 Å². The van der Waals surface area contributed by atoms with Crippen LogP contribution in [0.15, 0.2) is 59.2 Å². The lowest BCUT2D eigenvalue weighted by atomic mass is 10.1. The van der Waals surface area contributed by atoms with Crippen LogP contribution in [-0.2, 0) is 11.2 Å². The molecule has 4 rings (SSSR count). The van der Waals surface area contributed by atoms with Crippen LogP contribution in [0.2, 0.25) is 0 Å². The smallest absolute Gasteiger partial charge is 0.252 e. The van der Waals surface area contributed by atoms with Gasteiger partial charge in [0.1, 0.15) is 12.4 Å². The van der Waals surface area contributed by atoms with Crippen LogP contribution in [0.1, 0.15) is 21.7 Å². The summed E-state index contributed by atoms with van der Waals surface area (Å²) < 4.78 is 6.20. The van der Waals surface area contributed by atoms with E-state index >= 15 is 0 Å². The van der Waals surface area contributed by atoms with E-state index in [1.807, 2.05) is 18.2 Å². The number of halogens is 1. The highest BCUT2D eigenvalue weighted by molar-refractivity contribution is 9.10. The number of amides is 1. The molecule has 1 aliphatic heterocycles. The Bertz CT molecular complexity index is 1120. The Kier molecular flexibility index (Phi) is 7.10. The summed E-state index contributed by atoms with van der Waals surface area (Å²) in [7, 11) is 0. The molecular formula is C24H22BrN5O2. The maximum atomic E-state index is 12.0. The zero-order valence-electron chi connectivity index (χ0n) is 17.4. The number of hydrogen-bond donors (Lipinski definition) is 1. The van der Waals surface area contributed by atoms with Gasteiger partial charge < -0.3 is 15.0 Å². The summed E-state index contributed by atoms with van der Waals surface area (Å²) in [6.45, 7) is 3.34. The van der Waals surface area contributed by atoms with E-state index in [-0.39, 0.29) is 12.5 Å². The van der Waals surface area contributed by atoms with Crippen molar-refractivity contribution >= 4 is 27.5 Å². The second-order valence-electron chi connectivity index (χ2n) is 7.34. The largest absolute Gasteiger partial charge is 0.378 e. The molecule has 0 unspecified atom stereocenters. The highest BCUT2D eigenvalue weighted by atomic mass is 79.9. The molecule has 0 saturated carbocycles. The number of nitriles is 1. The van der Waals surface area contributed by atoms with Gasteiger partial charge in [0.15, 0.2) is 0 Å². The van der Waals surface area contributed by atoms with E-state index in [0.717, 1.165) is 53.4 Å². The van der Waals surface area contributed by atoms with Crippen LogP contribution in [0.25, 0.3) is 11.3 Å². The summed E-state index contributed by atoms with van der Waals surface area (Å²) in [5.74, 6) is 0.444. The van der Waals surface area contributed by atoms with Crippen LogP contribution in [0, 0.1) is 11.3 Å². The molecule has 7 nitrogen and oxygen atoms in total. The SMILES string of the molecule is N#CCNC(=O)c1ccc(-c2nc(Cc3ccc(N4CCOCC4)cc3)ncc2Br)cc1. The number of anilines is 1. The van der Waals surface area contributed by atoms with E-state index in [2.05, 4.69) is 55.4 Å². The fourth-order valence-corrected chi connectivity index (χ4v) is 3.94. The molecule has 1 aliphatic rings. The number of aromatic nitrogens is 2. The third-order valence-corrected chi connectivity index (χ3v) is 5.80. The van der Waals surface area contributed by atoms with Gasteiger partial charge in [0.05, 0.1) is 29.4 Å². The van der Waals surface area contributed by atoms with Crippen LogP contribution in [-0.4, -0.2) is 48.7 Å². The molecule has 1 amide bonds. The Morgan fingerprint density at radius 2 is 1.84 bits per heavy atom. The molecule has 2 heterocycles. The van der Waals surface area contributed by atoms with Gasteiger partial charge >= 0.3 is 0 Å². The van der Waals surface area contributed by atoms with Crippen molar-refractivity contribution in [2.75, 3.05) is 37.7 Å². The van der Waals surface area contributed by atoms with Crippen molar-refractivity contribution < 1.29 is 9.53 Å². The molecule has 162 valence electrons. The topological polar surface area (TPSA) is 91.1 Å². The molecule has 0 radical (unpaired) electrons. The van der Waals surface area contributed by atoms with Gasteiger partial charge in [-0.2, -0.15) is 5.26 Å². The van der Waals surface area contributed by atoms with Crippen LogP contribution < -0.4 is 10.2 Å². The third kappa shape index (κ3) is 5.31. The monoisotopic (exact) mass is 491 g/mol. The number of rotatable bonds is 6. The van der Waals surface area contributed by atoms with Crippen LogP contribution in [0.5, 0.6) is 0 Å². The number of hydrogen-bond acceptors (Lipinski definition) is 6. The highest BCUT2D eigenvalue weighted by Gasteiger charge is 2.13. The zero-order chi connectivity index (χ0) is 22.3. The van der Waals surface area contributed by atoms with Crippen LogP contribution in [0.4, 0.5) is 5.69 Å². The van der Waals surface area contributed by atoms with Gasteiger partial charge in [-0.15, -0.1) is 0 Å². The second kappa shape index (κ2) is 10.4. The van der Waals surface area contributed by atoms with Crippen molar-refractivity contribution in [2.45, 2.75) is 6.42 Å². The maximum absolute atomic E-state index is 12.0. The molecule has 0 bridgehead atoms.